The highest BCUT2D eigenvalue weighted by atomic mass is 16.6. The lowest BCUT2D eigenvalue weighted by Crippen LogP contribution is -2.11. The van der Waals surface area contributed by atoms with Gasteiger partial charge >= 0.3 is 0 Å². The Balaban J connectivity index is 2.81. The Kier molecular flexibility index (Phi) is 4.83. The van der Waals surface area contributed by atoms with E-state index in [9.17, 15) is 4.79 Å². The SMILES string of the molecule is CCOc1cc(C#N)ccc1CONC=O. The molecule has 5 nitrogen and oxygen atoms in total. The Morgan fingerprint density at radius 1 is 1.56 bits per heavy atom. The lowest BCUT2D eigenvalue weighted by atomic mass is 10.1. The number of nitrogens with one attached hydrogen (secondary N) is 1. The van der Waals surface area contributed by atoms with Crippen molar-refractivity contribution in [2.45, 2.75) is 13.5 Å². The first-order chi connectivity index (χ1) is 7.81. The molecule has 0 fully saturated rings. The van der Waals surface area contributed by atoms with E-state index in [0.29, 0.717) is 24.3 Å². The van der Waals surface area contributed by atoms with Gasteiger partial charge in [-0.2, -0.15) is 5.26 Å². The van der Waals surface area contributed by atoms with E-state index in [1.165, 1.54) is 0 Å². The van der Waals surface area contributed by atoms with Gasteiger partial charge in [0.15, 0.2) is 0 Å². The first kappa shape index (κ1) is 12.0. The minimum atomic E-state index is 0.194. The predicted octanol–water partition coefficient (Wildman–Crippen LogP) is 1.13. The number of ether oxygens (including phenoxy) is 1. The fourth-order valence-corrected chi connectivity index (χ4v) is 1.19. The minimum absolute atomic E-state index is 0.194. The first-order valence-corrected chi connectivity index (χ1v) is 4.78. The van der Waals surface area contributed by atoms with Gasteiger partial charge < -0.3 is 4.74 Å². The Bertz CT molecular complexity index is 399. The van der Waals surface area contributed by atoms with Crippen LogP contribution in [0.15, 0.2) is 18.2 Å². The van der Waals surface area contributed by atoms with Crippen LogP contribution >= 0.6 is 0 Å². The molecule has 0 saturated carbocycles. The molecule has 0 spiro atoms. The minimum Gasteiger partial charge on any atom is -0.493 e. The van der Waals surface area contributed by atoms with Crippen LogP contribution in [-0.4, -0.2) is 13.0 Å². The average Bonchev–Trinajstić information content (AvgIpc) is 2.31. The molecule has 84 valence electrons. The number of hydrogen-bond donors (Lipinski definition) is 1. The van der Waals surface area contributed by atoms with Crippen LogP contribution in [0, 0.1) is 11.3 Å². The molecular formula is C11H12N2O3. The quantitative estimate of drug-likeness (QED) is 0.443. The average molecular weight is 220 g/mol. The third-order valence-corrected chi connectivity index (χ3v) is 1.86. The van der Waals surface area contributed by atoms with Gasteiger partial charge in [-0.1, -0.05) is 6.07 Å². The fourth-order valence-electron chi connectivity index (χ4n) is 1.19. The maximum Gasteiger partial charge on any atom is 0.230 e. The largest absolute Gasteiger partial charge is 0.493 e. The second-order valence-electron chi connectivity index (χ2n) is 2.89. The molecule has 0 unspecified atom stereocenters. The van der Waals surface area contributed by atoms with Crippen molar-refractivity contribution in [3.05, 3.63) is 29.3 Å². The number of nitriles is 1. The highest BCUT2D eigenvalue weighted by Crippen LogP contribution is 2.20. The summed E-state index contributed by atoms with van der Waals surface area (Å²) in [7, 11) is 0. The second-order valence-corrected chi connectivity index (χ2v) is 2.89. The zero-order valence-electron chi connectivity index (χ0n) is 8.90. The van der Waals surface area contributed by atoms with Gasteiger partial charge in [0.05, 0.1) is 18.2 Å². The first-order valence-electron chi connectivity index (χ1n) is 4.78. The maximum atomic E-state index is 10.00. The Morgan fingerprint density at radius 2 is 2.38 bits per heavy atom. The summed E-state index contributed by atoms with van der Waals surface area (Å²) in [5, 5.41) is 8.74. The lowest BCUT2D eigenvalue weighted by molar-refractivity contribution is -0.121. The molecule has 0 aliphatic rings. The van der Waals surface area contributed by atoms with Crippen LogP contribution in [0.1, 0.15) is 18.1 Å². The van der Waals surface area contributed by atoms with Crippen molar-refractivity contribution in [3.8, 4) is 11.8 Å². The van der Waals surface area contributed by atoms with E-state index in [0.717, 1.165) is 5.56 Å². The molecular weight excluding hydrogens is 208 g/mol. The van der Waals surface area contributed by atoms with Gasteiger partial charge in [-0.25, -0.2) is 5.48 Å². The zero-order valence-corrected chi connectivity index (χ0v) is 8.90. The Hall–Kier alpha value is -2.06. The molecule has 5 heteroatoms. The molecule has 1 rings (SSSR count). The summed E-state index contributed by atoms with van der Waals surface area (Å²) in [4.78, 5) is 14.8. The number of hydrogen-bond acceptors (Lipinski definition) is 4. The van der Waals surface area contributed by atoms with Gasteiger partial charge in [-0.05, 0) is 19.1 Å². The molecule has 1 amide bonds. The molecule has 0 heterocycles. The van der Waals surface area contributed by atoms with Crippen LogP contribution in [0.25, 0.3) is 0 Å². The fraction of sp³-hybridized carbons (Fsp3) is 0.273. The molecule has 0 atom stereocenters. The van der Waals surface area contributed by atoms with Crippen LogP contribution < -0.4 is 10.2 Å². The normalized spacial score (nSPS) is 9.25. The van der Waals surface area contributed by atoms with Crippen molar-refractivity contribution in [1.29, 1.82) is 5.26 Å². The van der Waals surface area contributed by atoms with Crippen LogP contribution in [0.2, 0.25) is 0 Å². The van der Waals surface area contributed by atoms with Gasteiger partial charge in [-0.3, -0.25) is 9.63 Å². The number of benzene rings is 1. The molecule has 1 aromatic rings. The molecule has 0 aliphatic heterocycles. The maximum absolute atomic E-state index is 10.00. The van der Waals surface area contributed by atoms with Crippen molar-refractivity contribution in [2.75, 3.05) is 6.61 Å². The smallest absolute Gasteiger partial charge is 0.230 e. The van der Waals surface area contributed by atoms with Gasteiger partial charge in [0.2, 0.25) is 6.41 Å². The summed E-state index contributed by atoms with van der Waals surface area (Å²) in [6.45, 7) is 2.55. The number of hydroxylamine groups is 1. The molecule has 1 aromatic carbocycles. The van der Waals surface area contributed by atoms with Gasteiger partial charge in [-0.15, -0.1) is 0 Å². The molecule has 0 aromatic heterocycles. The number of amides is 1. The molecule has 0 radical (unpaired) electrons. The summed E-state index contributed by atoms with van der Waals surface area (Å²) in [6.07, 6.45) is 0.448. The summed E-state index contributed by atoms with van der Waals surface area (Å²) >= 11 is 0. The van der Waals surface area contributed by atoms with Crippen molar-refractivity contribution in [3.63, 3.8) is 0 Å². The highest BCUT2D eigenvalue weighted by Gasteiger charge is 2.05. The van der Waals surface area contributed by atoms with E-state index in [2.05, 4.69) is 5.48 Å². The van der Waals surface area contributed by atoms with Gasteiger partial charge in [0, 0.05) is 5.56 Å². The van der Waals surface area contributed by atoms with Crippen molar-refractivity contribution >= 4 is 6.41 Å². The second kappa shape index (κ2) is 6.43. The molecule has 0 aliphatic carbocycles. The van der Waals surface area contributed by atoms with Crippen LogP contribution in [0.4, 0.5) is 0 Å². The standard InChI is InChI=1S/C11H12N2O3/c1-2-15-11-5-9(6-12)3-4-10(11)7-16-13-8-14/h3-5,8H,2,7H2,1H3,(H,13,14). The Labute approximate surface area is 93.5 Å². The zero-order chi connectivity index (χ0) is 11.8. The van der Waals surface area contributed by atoms with E-state index in [4.69, 9.17) is 14.8 Å². The molecule has 0 bridgehead atoms. The van der Waals surface area contributed by atoms with E-state index in [-0.39, 0.29) is 6.61 Å². The summed E-state index contributed by atoms with van der Waals surface area (Å²) < 4.78 is 5.36. The number of carbonyl (C=O) groups is 1. The van der Waals surface area contributed by atoms with Crippen LogP contribution in [-0.2, 0) is 16.2 Å². The topological polar surface area (TPSA) is 71.3 Å². The number of carbonyl (C=O) groups excluding carboxylic acids is 1. The van der Waals surface area contributed by atoms with Crippen molar-refractivity contribution in [1.82, 2.24) is 5.48 Å². The van der Waals surface area contributed by atoms with Crippen LogP contribution in [0.5, 0.6) is 5.75 Å². The Morgan fingerprint density at radius 3 is 3.00 bits per heavy atom. The number of rotatable bonds is 6. The predicted molar refractivity (Wildman–Crippen MR) is 56.3 cm³/mol. The van der Waals surface area contributed by atoms with E-state index >= 15 is 0 Å². The third-order valence-electron chi connectivity index (χ3n) is 1.86. The molecule has 0 saturated heterocycles. The van der Waals surface area contributed by atoms with Crippen molar-refractivity contribution in [2.24, 2.45) is 0 Å². The summed E-state index contributed by atoms with van der Waals surface area (Å²) in [5.41, 5.74) is 3.39. The highest BCUT2D eigenvalue weighted by molar-refractivity contribution is 5.44. The van der Waals surface area contributed by atoms with Crippen LogP contribution in [0.3, 0.4) is 0 Å². The van der Waals surface area contributed by atoms with E-state index in [1.54, 1.807) is 18.2 Å². The molecule has 1 N–H and O–H groups in total. The summed E-state index contributed by atoms with van der Waals surface area (Å²) in [5.74, 6) is 0.592. The third kappa shape index (κ3) is 3.26. The van der Waals surface area contributed by atoms with E-state index < -0.39 is 0 Å². The summed E-state index contributed by atoms with van der Waals surface area (Å²) in [6, 6.07) is 7.07. The van der Waals surface area contributed by atoms with Gasteiger partial charge in [0.1, 0.15) is 12.4 Å². The van der Waals surface area contributed by atoms with Gasteiger partial charge in [0.25, 0.3) is 0 Å². The lowest BCUT2D eigenvalue weighted by Gasteiger charge is -2.09. The van der Waals surface area contributed by atoms with E-state index in [1.807, 2.05) is 13.0 Å². The number of nitrogens with zero attached hydrogens (tertiary/aromatic N) is 1. The monoisotopic (exact) mass is 220 g/mol. The van der Waals surface area contributed by atoms with Crippen molar-refractivity contribution < 1.29 is 14.4 Å². The molecule has 16 heavy (non-hydrogen) atoms.